The Morgan fingerprint density at radius 1 is 0.708 bits per heavy atom. The van der Waals surface area contributed by atoms with E-state index in [1.807, 2.05) is 54.7 Å². The third-order valence-electron chi connectivity index (χ3n) is 6.77. The molecule has 0 heterocycles. The third kappa shape index (κ3) is 15.5. The molecule has 0 amide bonds. The van der Waals surface area contributed by atoms with Crippen molar-refractivity contribution in [3.8, 4) is 18.2 Å². The highest BCUT2D eigenvalue weighted by atomic mass is 14.5. The number of rotatable bonds is 18. The number of nitrogens with two attached hydrogens (primary N) is 5. The van der Waals surface area contributed by atoms with Crippen molar-refractivity contribution < 1.29 is 0 Å². The average molecular weight is 639 g/mol. The molecule has 0 fully saturated rings. The zero-order valence-electron chi connectivity index (χ0n) is 27.6. The first-order valence-electron chi connectivity index (χ1n) is 15.4. The number of hydrogen-bond donors (Lipinski definition) is 5. The second kappa shape index (κ2) is 23.9. The predicted octanol–water partition coefficient (Wildman–Crippen LogP) is 7.16. The van der Waals surface area contributed by atoms with Gasteiger partial charge in [-0.25, -0.2) is 0 Å². The molecule has 0 saturated carbocycles. The summed E-state index contributed by atoms with van der Waals surface area (Å²) in [5.74, 6) is 0. The third-order valence-corrected chi connectivity index (χ3v) is 6.77. The first kappa shape index (κ1) is 39.6. The van der Waals surface area contributed by atoms with Gasteiger partial charge in [0.05, 0.1) is 18.2 Å². The smallest absolute Gasteiger partial charge is 0.0988 e. The van der Waals surface area contributed by atoms with E-state index in [4.69, 9.17) is 39.2 Å². The van der Waals surface area contributed by atoms with Gasteiger partial charge in [-0.15, -0.1) is 0 Å². The van der Waals surface area contributed by atoms with Crippen molar-refractivity contribution in [1.29, 1.82) is 15.8 Å². The zero-order chi connectivity index (χ0) is 35.6. The molecule has 0 aliphatic carbocycles. The topological polar surface area (TPSA) is 201 Å². The van der Waals surface area contributed by atoms with Crippen LogP contribution in [-0.2, 0) is 6.42 Å². The normalized spacial score (nSPS) is 14.0. The number of benzene rings is 1. The molecule has 48 heavy (non-hydrogen) atoms. The van der Waals surface area contributed by atoms with Crippen molar-refractivity contribution in [2.75, 3.05) is 0 Å². The fraction of sp³-hybridized carbons (Fsp3) is 0.175. The van der Waals surface area contributed by atoms with Crippen molar-refractivity contribution in [1.82, 2.24) is 0 Å². The Bertz CT molecular complexity index is 1710. The van der Waals surface area contributed by atoms with E-state index in [-0.39, 0.29) is 0 Å². The lowest BCUT2D eigenvalue weighted by Crippen LogP contribution is -1.96. The minimum Gasteiger partial charge on any atom is -0.405 e. The van der Waals surface area contributed by atoms with Crippen molar-refractivity contribution in [3.05, 3.63) is 167 Å². The van der Waals surface area contributed by atoms with Gasteiger partial charge >= 0.3 is 0 Å². The summed E-state index contributed by atoms with van der Waals surface area (Å²) in [7, 11) is 0. The van der Waals surface area contributed by atoms with Crippen LogP contribution in [0, 0.1) is 34.0 Å². The standard InChI is InChI=1S/C40H46N8/c1-31(21-32(2)25-43)9-6-14-37(29-47)39-22-36(13-7-11-34(27-45)16-17-35(28-46)18-20-42)23-40(24-39)38(30-48)15-8-12-33(26-44)10-4-3-5-19-41/h4,6-8,10-11,14-15,17-18,20-24,26-27,29-30H,1,3,5,9,12-13,16,42,44-45,47-48H2,2H3/b10-4-,11-7-,14-6-,15-8-,20-18-,32-21+,33-26+,34-27+,35-17+,37-29+,38-30+. The number of nitrogens with zero attached hydrogens (tertiary/aromatic N) is 3. The molecule has 0 aromatic heterocycles. The molecule has 0 unspecified atom stereocenters. The molecule has 246 valence electrons. The molecule has 8 heteroatoms. The molecule has 0 spiro atoms. The fourth-order valence-corrected chi connectivity index (χ4v) is 4.29. The van der Waals surface area contributed by atoms with Gasteiger partial charge in [0, 0.05) is 30.0 Å². The Labute approximate surface area is 285 Å². The zero-order valence-corrected chi connectivity index (χ0v) is 27.6. The maximum absolute atomic E-state index is 9.25. The summed E-state index contributed by atoms with van der Waals surface area (Å²) in [5.41, 5.74) is 37.3. The van der Waals surface area contributed by atoms with Crippen LogP contribution in [0.3, 0.4) is 0 Å². The van der Waals surface area contributed by atoms with Crippen LogP contribution in [0.5, 0.6) is 0 Å². The minimum atomic E-state index is 0.453. The maximum atomic E-state index is 9.25. The van der Waals surface area contributed by atoms with Crippen molar-refractivity contribution in [2.45, 2.75) is 45.4 Å². The average Bonchev–Trinajstić information content (AvgIpc) is 3.10. The van der Waals surface area contributed by atoms with Crippen LogP contribution in [-0.4, -0.2) is 0 Å². The molecule has 10 N–H and O–H groups in total. The van der Waals surface area contributed by atoms with Gasteiger partial charge in [-0.05, 0) is 115 Å². The second-order valence-electron chi connectivity index (χ2n) is 10.5. The molecule has 0 bridgehead atoms. The van der Waals surface area contributed by atoms with E-state index in [2.05, 4.69) is 36.9 Å². The molecule has 0 aliphatic heterocycles. The molecule has 0 radical (unpaired) electrons. The van der Waals surface area contributed by atoms with E-state index in [0.717, 1.165) is 44.6 Å². The van der Waals surface area contributed by atoms with Gasteiger partial charge in [0.15, 0.2) is 0 Å². The van der Waals surface area contributed by atoms with E-state index in [9.17, 15) is 5.26 Å². The number of allylic oxidation sites excluding steroid dienone is 18. The summed E-state index contributed by atoms with van der Waals surface area (Å²) in [4.78, 5) is 0. The van der Waals surface area contributed by atoms with Crippen LogP contribution < -0.4 is 28.7 Å². The molecule has 8 nitrogen and oxygen atoms in total. The molecule has 0 atom stereocenters. The van der Waals surface area contributed by atoms with Crippen LogP contribution in [0.2, 0.25) is 0 Å². The molecule has 0 saturated heterocycles. The SMILES string of the molecule is C=C(/C=C(\C)C#N)C/C=C\C(=C/N)c1cc(C/C=C\C(=C/N)C/C=C(C#N)\C=C/N)cc(C(/C=C\CC(/C=C\CCC#N)=C/N)=C/N)c1. The van der Waals surface area contributed by atoms with Gasteiger partial charge < -0.3 is 28.7 Å². The molecule has 0 aliphatic rings. The summed E-state index contributed by atoms with van der Waals surface area (Å²) >= 11 is 0. The summed E-state index contributed by atoms with van der Waals surface area (Å²) in [6.45, 7) is 5.77. The summed E-state index contributed by atoms with van der Waals surface area (Å²) in [5, 5.41) is 27.1. The monoisotopic (exact) mass is 638 g/mol. The Hall–Kier alpha value is -6.43. The van der Waals surface area contributed by atoms with Gasteiger partial charge in [-0.2, -0.15) is 15.8 Å². The fourth-order valence-electron chi connectivity index (χ4n) is 4.29. The van der Waals surface area contributed by atoms with Gasteiger partial charge in [0.2, 0.25) is 0 Å². The quantitative estimate of drug-likeness (QED) is 0.0632. The first-order chi connectivity index (χ1) is 23.3. The van der Waals surface area contributed by atoms with E-state index in [1.165, 1.54) is 12.4 Å². The van der Waals surface area contributed by atoms with E-state index in [1.54, 1.807) is 43.8 Å². The lowest BCUT2D eigenvalue weighted by molar-refractivity contribution is 1.06. The highest BCUT2D eigenvalue weighted by Crippen LogP contribution is 2.26. The van der Waals surface area contributed by atoms with Gasteiger partial charge in [-0.1, -0.05) is 79.0 Å². The molecule has 1 rings (SSSR count). The Kier molecular flexibility index (Phi) is 19.7. The van der Waals surface area contributed by atoms with E-state index in [0.29, 0.717) is 49.7 Å². The molecule has 1 aromatic rings. The van der Waals surface area contributed by atoms with Crippen molar-refractivity contribution in [3.63, 3.8) is 0 Å². The van der Waals surface area contributed by atoms with E-state index < -0.39 is 0 Å². The van der Waals surface area contributed by atoms with Crippen molar-refractivity contribution in [2.24, 2.45) is 28.7 Å². The van der Waals surface area contributed by atoms with Crippen LogP contribution in [0.15, 0.2) is 150 Å². The van der Waals surface area contributed by atoms with Crippen LogP contribution >= 0.6 is 0 Å². The highest BCUT2D eigenvalue weighted by Gasteiger charge is 2.07. The maximum Gasteiger partial charge on any atom is 0.0988 e. The van der Waals surface area contributed by atoms with Gasteiger partial charge in [0.1, 0.15) is 0 Å². The number of unbranched alkanes of at least 4 members (excludes halogenated alkanes) is 1. The Balaban J connectivity index is 3.45. The van der Waals surface area contributed by atoms with Gasteiger partial charge in [0.25, 0.3) is 0 Å². The lowest BCUT2D eigenvalue weighted by atomic mass is 9.94. The molecule has 1 aromatic carbocycles. The Morgan fingerprint density at radius 2 is 1.31 bits per heavy atom. The highest BCUT2D eigenvalue weighted by molar-refractivity contribution is 5.80. The van der Waals surface area contributed by atoms with Crippen LogP contribution in [0.4, 0.5) is 0 Å². The van der Waals surface area contributed by atoms with Crippen molar-refractivity contribution >= 4 is 11.1 Å². The predicted molar refractivity (Wildman–Crippen MR) is 200 cm³/mol. The van der Waals surface area contributed by atoms with E-state index >= 15 is 0 Å². The summed E-state index contributed by atoms with van der Waals surface area (Å²) < 4.78 is 0. The summed E-state index contributed by atoms with van der Waals surface area (Å²) in [6, 6.07) is 12.5. The minimum absolute atomic E-state index is 0.453. The van der Waals surface area contributed by atoms with Gasteiger partial charge in [-0.3, -0.25) is 0 Å². The largest absolute Gasteiger partial charge is 0.405 e. The number of nitriles is 3. The Morgan fingerprint density at radius 3 is 1.85 bits per heavy atom. The molecular formula is C40H46N8. The first-order valence-corrected chi connectivity index (χ1v) is 15.4. The van der Waals surface area contributed by atoms with Crippen LogP contribution in [0.1, 0.15) is 55.7 Å². The summed E-state index contributed by atoms with van der Waals surface area (Å²) in [6.07, 6.45) is 31.5. The molecular weight excluding hydrogens is 592 g/mol. The second-order valence-corrected chi connectivity index (χ2v) is 10.5. The lowest BCUT2D eigenvalue weighted by Gasteiger charge is -2.11. The number of hydrogen-bond acceptors (Lipinski definition) is 8. The van der Waals surface area contributed by atoms with Crippen LogP contribution in [0.25, 0.3) is 11.1 Å².